The number of carbonyl (C=O) groups is 3. The van der Waals surface area contributed by atoms with Crippen molar-refractivity contribution >= 4 is 23.4 Å². The van der Waals surface area contributed by atoms with E-state index in [1.54, 1.807) is 57.2 Å². The average molecular weight is 459 g/mol. The molecule has 2 aromatic rings. The molecule has 0 heterocycles. The largest absolute Gasteiger partial charge is 0.457 e. The van der Waals surface area contributed by atoms with Crippen molar-refractivity contribution in [3.8, 4) is 11.5 Å². The van der Waals surface area contributed by atoms with Crippen LogP contribution in [0.5, 0.6) is 11.5 Å². The molecule has 0 aliphatic rings. The second-order valence-electron chi connectivity index (χ2n) is 8.40. The summed E-state index contributed by atoms with van der Waals surface area (Å²) in [5.74, 6) is -1.24. The third-order valence-electron chi connectivity index (χ3n) is 4.79. The van der Waals surface area contributed by atoms with Crippen LogP contribution in [0, 0.1) is 5.41 Å². The van der Waals surface area contributed by atoms with E-state index in [9.17, 15) is 19.5 Å². The Labute approximate surface area is 192 Å². The lowest BCUT2D eigenvalue weighted by molar-refractivity contribution is -0.142. The Morgan fingerprint density at radius 3 is 1.97 bits per heavy atom. The molecule has 3 amide bonds. The van der Waals surface area contributed by atoms with Crippen LogP contribution in [0.3, 0.4) is 0 Å². The molecule has 3 atom stereocenters. The van der Waals surface area contributed by atoms with Crippen molar-refractivity contribution < 1.29 is 29.4 Å². The number of ether oxygens (including phenoxy) is 1. The Morgan fingerprint density at radius 2 is 1.45 bits per heavy atom. The molecule has 0 spiro atoms. The predicted molar refractivity (Wildman–Crippen MR) is 122 cm³/mol. The molecule has 0 bridgehead atoms. The Kier molecular flexibility index (Phi) is 8.78. The van der Waals surface area contributed by atoms with Crippen LogP contribution in [-0.2, 0) is 14.4 Å². The number of hydroxylamine groups is 1. The Hall–Kier alpha value is -3.63. The zero-order valence-corrected chi connectivity index (χ0v) is 19.0. The first-order valence-corrected chi connectivity index (χ1v) is 10.3. The number of nitrogens with one attached hydrogen (secondary N) is 4. The SMILES string of the molecule is CNC(=O)C(NC(=O)C(Nc1ccc(Oc2ccccc2)cc1)C(O)C(=O)NO)C(C)(C)C. The molecule has 3 unspecified atom stereocenters. The molecule has 6 N–H and O–H groups in total. The van der Waals surface area contributed by atoms with Crippen LogP contribution >= 0.6 is 0 Å². The number of hydrogen-bond donors (Lipinski definition) is 6. The lowest BCUT2D eigenvalue weighted by atomic mass is 9.85. The van der Waals surface area contributed by atoms with Crippen molar-refractivity contribution in [1.82, 2.24) is 16.1 Å². The van der Waals surface area contributed by atoms with Gasteiger partial charge in [0.05, 0.1) is 0 Å². The predicted octanol–water partition coefficient (Wildman–Crippen LogP) is 1.40. The van der Waals surface area contributed by atoms with E-state index in [4.69, 9.17) is 9.94 Å². The van der Waals surface area contributed by atoms with Crippen molar-refractivity contribution in [2.24, 2.45) is 5.41 Å². The van der Waals surface area contributed by atoms with Crippen LogP contribution in [0.4, 0.5) is 5.69 Å². The number of likely N-dealkylation sites (N-methyl/N-ethyl adjacent to an activating group) is 1. The summed E-state index contributed by atoms with van der Waals surface area (Å²) < 4.78 is 5.72. The molecule has 2 aromatic carbocycles. The van der Waals surface area contributed by atoms with Crippen LogP contribution in [0.25, 0.3) is 0 Å². The minimum atomic E-state index is -1.94. The third kappa shape index (κ3) is 7.19. The highest BCUT2D eigenvalue weighted by Crippen LogP contribution is 2.24. The summed E-state index contributed by atoms with van der Waals surface area (Å²) in [5.41, 5.74) is 1.08. The number of carbonyl (C=O) groups excluding carboxylic acids is 3. The molecule has 10 nitrogen and oxygen atoms in total. The number of benzene rings is 2. The van der Waals surface area contributed by atoms with Gasteiger partial charge in [0.15, 0.2) is 6.10 Å². The third-order valence-corrected chi connectivity index (χ3v) is 4.79. The fourth-order valence-corrected chi connectivity index (χ4v) is 2.98. The highest BCUT2D eigenvalue weighted by atomic mass is 16.5. The first kappa shape index (κ1) is 25.6. The normalized spacial score (nSPS) is 13.8. The van der Waals surface area contributed by atoms with E-state index in [2.05, 4.69) is 16.0 Å². The molecule has 0 aliphatic heterocycles. The fraction of sp³-hybridized carbons (Fsp3) is 0.348. The number of aliphatic hydroxyl groups is 1. The molecule has 0 aromatic heterocycles. The van der Waals surface area contributed by atoms with Crippen LogP contribution < -0.4 is 26.2 Å². The minimum Gasteiger partial charge on any atom is -0.457 e. The molecule has 0 aliphatic carbocycles. The Balaban J connectivity index is 2.22. The minimum absolute atomic E-state index is 0.396. The van der Waals surface area contributed by atoms with Crippen molar-refractivity contribution in [2.75, 3.05) is 12.4 Å². The molecular weight excluding hydrogens is 428 g/mol. The second-order valence-corrected chi connectivity index (χ2v) is 8.40. The zero-order valence-electron chi connectivity index (χ0n) is 19.0. The summed E-state index contributed by atoms with van der Waals surface area (Å²) >= 11 is 0. The number of aliphatic hydroxyl groups excluding tert-OH is 1. The van der Waals surface area contributed by atoms with E-state index in [0.29, 0.717) is 17.2 Å². The van der Waals surface area contributed by atoms with E-state index in [1.165, 1.54) is 12.5 Å². The van der Waals surface area contributed by atoms with Crippen molar-refractivity contribution in [3.63, 3.8) is 0 Å². The monoisotopic (exact) mass is 458 g/mol. The molecular formula is C23H30N4O6. The summed E-state index contributed by atoms with van der Waals surface area (Å²) in [4.78, 5) is 37.1. The van der Waals surface area contributed by atoms with Gasteiger partial charge in [-0.3, -0.25) is 19.6 Å². The van der Waals surface area contributed by atoms with Gasteiger partial charge in [0, 0.05) is 12.7 Å². The lowest BCUT2D eigenvalue weighted by Crippen LogP contribution is -2.59. The number of anilines is 1. The van der Waals surface area contributed by atoms with E-state index in [0.717, 1.165) is 0 Å². The Bertz CT molecular complexity index is 944. The maximum atomic E-state index is 13.0. The van der Waals surface area contributed by atoms with Gasteiger partial charge < -0.3 is 25.8 Å². The summed E-state index contributed by atoms with van der Waals surface area (Å²) in [6.45, 7) is 5.29. The van der Waals surface area contributed by atoms with E-state index in [1.807, 2.05) is 18.2 Å². The van der Waals surface area contributed by atoms with Gasteiger partial charge in [-0.2, -0.15) is 0 Å². The smallest absolute Gasteiger partial charge is 0.274 e. The van der Waals surface area contributed by atoms with Crippen molar-refractivity contribution in [2.45, 2.75) is 39.0 Å². The molecule has 0 saturated heterocycles. The highest BCUT2D eigenvalue weighted by molar-refractivity contribution is 5.96. The number of para-hydroxylation sites is 1. The van der Waals surface area contributed by atoms with E-state index < -0.39 is 41.3 Å². The fourth-order valence-electron chi connectivity index (χ4n) is 2.98. The number of amides is 3. The zero-order chi connectivity index (χ0) is 24.6. The van der Waals surface area contributed by atoms with E-state index in [-0.39, 0.29) is 0 Å². The van der Waals surface area contributed by atoms with Crippen LogP contribution in [0.2, 0.25) is 0 Å². The first-order valence-electron chi connectivity index (χ1n) is 10.3. The molecule has 0 saturated carbocycles. The van der Waals surface area contributed by atoms with E-state index >= 15 is 0 Å². The maximum absolute atomic E-state index is 13.0. The Morgan fingerprint density at radius 1 is 0.879 bits per heavy atom. The maximum Gasteiger partial charge on any atom is 0.274 e. The van der Waals surface area contributed by atoms with Gasteiger partial charge in [-0.05, 0) is 41.8 Å². The van der Waals surface area contributed by atoms with Crippen LogP contribution in [0.15, 0.2) is 54.6 Å². The van der Waals surface area contributed by atoms with Gasteiger partial charge in [-0.15, -0.1) is 0 Å². The van der Waals surface area contributed by atoms with Crippen molar-refractivity contribution in [1.29, 1.82) is 0 Å². The number of hydrogen-bond acceptors (Lipinski definition) is 7. The molecule has 10 heteroatoms. The summed E-state index contributed by atoms with van der Waals surface area (Å²) in [7, 11) is 1.44. The second kappa shape index (κ2) is 11.3. The van der Waals surface area contributed by atoms with Gasteiger partial charge in [0.1, 0.15) is 23.6 Å². The number of rotatable bonds is 9. The first-order chi connectivity index (χ1) is 15.6. The quantitative estimate of drug-likeness (QED) is 0.246. The van der Waals surface area contributed by atoms with Gasteiger partial charge in [-0.1, -0.05) is 39.0 Å². The molecule has 0 radical (unpaired) electrons. The van der Waals surface area contributed by atoms with Crippen LogP contribution in [0.1, 0.15) is 20.8 Å². The summed E-state index contributed by atoms with van der Waals surface area (Å²) in [6, 6.07) is 13.2. The standard InChI is InChI=1S/C23H30N4O6/c1-23(2,3)19(22(31)24-4)26-20(29)17(18(28)21(30)27-32)25-14-10-12-16(13-11-14)33-15-8-6-5-7-9-15/h5-13,17-19,25,28,32H,1-4H3,(H,24,31)(H,26,29)(H,27,30). The summed E-state index contributed by atoms with van der Waals surface area (Å²) in [5, 5.41) is 27.1. The topological polar surface area (TPSA) is 149 Å². The highest BCUT2D eigenvalue weighted by Gasteiger charge is 2.38. The summed E-state index contributed by atoms with van der Waals surface area (Å²) in [6.07, 6.45) is -1.94. The molecule has 178 valence electrons. The van der Waals surface area contributed by atoms with Gasteiger partial charge in [0.25, 0.3) is 5.91 Å². The van der Waals surface area contributed by atoms with Gasteiger partial charge in [-0.25, -0.2) is 5.48 Å². The molecule has 33 heavy (non-hydrogen) atoms. The molecule has 0 fully saturated rings. The van der Waals surface area contributed by atoms with Gasteiger partial charge >= 0.3 is 0 Å². The van der Waals surface area contributed by atoms with Crippen LogP contribution in [-0.4, -0.2) is 53.3 Å². The van der Waals surface area contributed by atoms with Crippen molar-refractivity contribution in [3.05, 3.63) is 54.6 Å². The van der Waals surface area contributed by atoms with Gasteiger partial charge in [0.2, 0.25) is 11.8 Å². The average Bonchev–Trinajstić information content (AvgIpc) is 2.80. The molecule has 2 rings (SSSR count). The lowest BCUT2D eigenvalue weighted by Gasteiger charge is -2.32.